The van der Waals surface area contributed by atoms with Crippen molar-refractivity contribution >= 4 is 5.69 Å². The SMILES string of the molecule is Cc1cccnc1CN1C[C@@H](O)[C@@H](O)[C@@H]([C@H](O)CO)OCCCCCCOc2cccc1c2. The maximum Gasteiger partial charge on any atom is 0.121 e. The van der Waals surface area contributed by atoms with E-state index in [1.807, 2.05) is 48.2 Å². The number of β-amino-alcohol motifs (C(OH)–C–C–N with tert-alkyl or cyclic N) is 1. The molecule has 1 aromatic carbocycles. The zero-order chi connectivity index (χ0) is 23.6. The molecule has 8 heteroatoms. The summed E-state index contributed by atoms with van der Waals surface area (Å²) in [5.41, 5.74) is 2.68. The minimum atomic E-state index is -1.38. The fourth-order valence-electron chi connectivity index (χ4n) is 3.96. The minimum Gasteiger partial charge on any atom is -0.494 e. The lowest BCUT2D eigenvalue weighted by atomic mass is 10.0. The van der Waals surface area contributed by atoms with E-state index in [0.29, 0.717) is 19.8 Å². The molecule has 0 spiro atoms. The van der Waals surface area contributed by atoms with Crippen LogP contribution in [0.4, 0.5) is 5.69 Å². The molecule has 4 N–H and O–H groups in total. The normalized spacial score (nSPS) is 24.2. The van der Waals surface area contributed by atoms with E-state index in [0.717, 1.165) is 48.4 Å². The van der Waals surface area contributed by atoms with E-state index in [1.54, 1.807) is 6.20 Å². The molecule has 1 aliphatic rings. The van der Waals surface area contributed by atoms with Gasteiger partial charge in [-0.15, -0.1) is 0 Å². The van der Waals surface area contributed by atoms with Gasteiger partial charge in [-0.05, 0) is 49.9 Å². The Morgan fingerprint density at radius 2 is 1.88 bits per heavy atom. The standard InChI is InChI=1S/C25H36N2O6/c1-18-8-7-11-26-21(18)15-27-16-22(29)24(31)25(23(30)17-28)33-13-5-3-2-4-12-32-20-10-6-9-19(27)14-20/h6-11,14,22-25,28-31H,2-5,12-13,15-17H2,1H3/t22-,23-,24-,25-/m1/s1. The number of fused-ring (bicyclic) bond motifs is 2. The highest BCUT2D eigenvalue weighted by Crippen LogP contribution is 2.25. The van der Waals surface area contributed by atoms with Gasteiger partial charge in [-0.2, -0.15) is 0 Å². The highest BCUT2D eigenvalue weighted by Gasteiger charge is 2.34. The van der Waals surface area contributed by atoms with Gasteiger partial charge in [0.25, 0.3) is 0 Å². The Kier molecular flexibility index (Phi) is 9.90. The van der Waals surface area contributed by atoms with Crippen LogP contribution in [-0.2, 0) is 11.3 Å². The first-order valence-corrected chi connectivity index (χ1v) is 11.6. The molecule has 0 amide bonds. The highest BCUT2D eigenvalue weighted by molar-refractivity contribution is 5.51. The summed E-state index contributed by atoms with van der Waals surface area (Å²) in [6.45, 7) is 2.82. The molecule has 0 saturated heterocycles. The first-order chi connectivity index (χ1) is 16.0. The number of pyridine rings is 1. The van der Waals surface area contributed by atoms with Crippen LogP contribution in [-0.4, -0.2) is 76.2 Å². The second-order valence-electron chi connectivity index (χ2n) is 8.55. The fourth-order valence-corrected chi connectivity index (χ4v) is 3.96. The number of anilines is 1. The quantitative estimate of drug-likeness (QED) is 0.546. The lowest BCUT2D eigenvalue weighted by Crippen LogP contribution is -2.51. The molecule has 182 valence electrons. The van der Waals surface area contributed by atoms with Crippen LogP contribution < -0.4 is 9.64 Å². The maximum absolute atomic E-state index is 10.9. The van der Waals surface area contributed by atoms with Crippen molar-refractivity contribution in [2.24, 2.45) is 0 Å². The van der Waals surface area contributed by atoms with Gasteiger partial charge < -0.3 is 34.8 Å². The van der Waals surface area contributed by atoms with Gasteiger partial charge >= 0.3 is 0 Å². The Morgan fingerprint density at radius 1 is 1.09 bits per heavy atom. The number of aromatic nitrogens is 1. The average molecular weight is 461 g/mol. The van der Waals surface area contributed by atoms with Crippen LogP contribution in [0.5, 0.6) is 5.75 Å². The number of ether oxygens (including phenoxy) is 2. The third kappa shape index (κ3) is 7.38. The Labute approximate surface area is 195 Å². The topological polar surface area (TPSA) is 116 Å². The van der Waals surface area contributed by atoms with Crippen LogP contribution in [0.25, 0.3) is 0 Å². The number of nitrogens with zero attached hydrogens (tertiary/aromatic N) is 2. The van der Waals surface area contributed by atoms with E-state index in [4.69, 9.17) is 9.47 Å². The highest BCUT2D eigenvalue weighted by atomic mass is 16.5. The Bertz CT molecular complexity index is 851. The summed E-state index contributed by atoms with van der Waals surface area (Å²) in [4.78, 5) is 6.40. The second-order valence-corrected chi connectivity index (χ2v) is 8.55. The second kappa shape index (κ2) is 12.9. The molecule has 1 aliphatic heterocycles. The van der Waals surface area contributed by atoms with Crippen LogP contribution >= 0.6 is 0 Å². The molecule has 4 atom stereocenters. The van der Waals surface area contributed by atoms with Crippen molar-refractivity contribution in [1.82, 2.24) is 4.98 Å². The van der Waals surface area contributed by atoms with Crippen molar-refractivity contribution in [3.8, 4) is 5.75 Å². The molecule has 0 aliphatic carbocycles. The third-order valence-corrected chi connectivity index (χ3v) is 5.96. The summed E-state index contributed by atoms with van der Waals surface area (Å²) in [6, 6.07) is 11.5. The van der Waals surface area contributed by atoms with Crippen LogP contribution in [0.3, 0.4) is 0 Å². The summed E-state index contributed by atoms with van der Waals surface area (Å²) >= 11 is 0. The zero-order valence-electron chi connectivity index (χ0n) is 19.2. The molecule has 33 heavy (non-hydrogen) atoms. The van der Waals surface area contributed by atoms with Crippen molar-refractivity contribution in [2.75, 3.05) is 31.3 Å². The summed E-state index contributed by atoms with van der Waals surface area (Å²) < 4.78 is 11.6. The fraction of sp³-hybridized carbons (Fsp3) is 0.560. The van der Waals surface area contributed by atoms with Crippen molar-refractivity contribution in [3.63, 3.8) is 0 Å². The number of benzene rings is 1. The first-order valence-electron chi connectivity index (χ1n) is 11.6. The molecule has 0 saturated carbocycles. The Morgan fingerprint density at radius 3 is 2.64 bits per heavy atom. The smallest absolute Gasteiger partial charge is 0.121 e. The van der Waals surface area contributed by atoms with E-state index in [2.05, 4.69) is 4.98 Å². The van der Waals surface area contributed by atoms with E-state index in [-0.39, 0.29) is 6.54 Å². The molecule has 0 radical (unpaired) electrons. The van der Waals surface area contributed by atoms with Gasteiger partial charge in [-0.1, -0.05) is 18.6 Å². The monoisotopic (exact) mass is 460 g/mol. The van der Waals surface area contributed by atoms with Gasteiger partial charge in [0, 0.05) is 31.1 Å². The molecule has 2 aromatic rings. The summed E-state index contributed by atoms with van der Waals surface area (Å²) in [6.07, 6.45) is 0.259. The van der Waals surface area contributed by atoms with Crippen molar-refractivity contribution in [2.45, 2.75) is 63.6 Å². The minimum absolute atomic E-state index is 0.0681. The van der Waals surface area contributed by atoms with Gasteiger partial charge in [0.1, 0.15) is 24.1 Å². The molecule has 1 aromatic heterocycles. The van der Waals surface area contributed by atoms with Crippen molar-refractivity contribution in [3.05, 3.63) is 53.9 Å². The number of rotatable bonds is 4. The zero-order valence-corrected chi connectivity index (χ0v) is 19.2. The maximum atomic E-state index is 10.9. The molecule has 2 heterocycles. The molecule has 2 bridgehead atoms. The Hall–Kier alpha value is -2.23. The molecule has 8 nitrogen and oxygen atoms in total. The third-order valence-electron chi connectivity index (χ3n) is 5.96. The number of aliphatic hydroxyl groups is 4. The number of hydrogen-bond acceptors (Lipinski definition) is 8. The van der Waals surface area contributed by atoms with Gasteiger partial charge in [-0.3, -0.25) is 4.98 Å². The van der Waals surface area contributed by atoms with Crippen molar-refractivity contribution in [1.29, 1.82) is 0 Å². The van der Waals surface area contributed by atoms with E-state index in [1.165, 1.54) is 0 Å². The molecular weight excluding hydrogens is 424 g/mol. The molecule has 0 unspecified atom stereocenters. The molecule has 3 rings (SSSR count). The van der Waals surface area contributed by atoms with Gasteiger partial charge in [-0.25, -0.2) is 0 Å². The van der Waals surface area contributed by atoms with E-state index >= 15 is 0 Å². The predicted molar refractivity (Wildman–Crippen MR) is 125 cm³/mol. The van der Waals surface area contributed by atoms with E-state index < -0.39 is 31.0 Å². The van der Waals surface area contributed by atoms with Gasteiger partial charge in [0.05, 0.1) is 31.6 Å². The average Bonchev–Trinajstić information content (AvgIpc) is 2.82. The predicted octanol–water partition coefficient (Wildman–Crippen LogP) is 1.81. The molecular formula is C25H36N2O6. The van der Waals surface area contributed by atoms with Gasteiger partial charge in [0.2, 0.25) is 0 Å². The largest absolute Gasteiger partial charge is 0.494 e. The summed E-state index contributed by atoms with van der Waals surface area (Å²) in [5, 5.41) is 41.5. The lowest BCUT2D eigenvalue weighted by molar-refractivity contribution is -0.141. The number of aliphatic hydroxyl groups excluding tert-OH is 4. The molecule has 0 fully saturated rings. The number of hydrogen-bond donors (Lipinski definition) is 4. The number of aryl methyl sites for hydroxylation is 1. The lowest BCUT2D eigenvalue weighted by Gasteiger charge is -2.34. The summed E-state index contributed by atoms with van der Waals surface area (Å²) in [5.74, 6) is 0.745. The van der Waals surface area contributed by atoms with Crippen LogP contribution in [0.15, 0.2) is 42.6 Å². The van der Waals surface area contributed by atoms with E-state index in [9.17, 15) is 20.4 Å². The van der Waals surface area contributed by atoms with Gasteiger partial charge in [0.15, 0.2) is 0 Å². The summed E-state index contributed by atoms with van der Waals surface area (Å²) in [7, 11) is 0. The first kappa shape index (κ1) is 25.4. The Balaban J connectivity index is 1.90. The van der Waals surface area contributed by atoms with Crippen LogP contribution in [0.2, 0.25) is 0 Å². The van der Waals surface area contributed by atoms with Crippen LogP contribution in [0, 0.1) is 6.92 Å². The van der Waals surface area contributed by atoms with Crippen LogP contribution in [0.1, 0.15) is 36.9 Å². The van der Waals surface area contributed by atoms with Crippen molar-refractivity contribution < 1.29 is 29.9 Å².